The van der Waals surface area contributed by atoms with E-state index in [4.69, 9.17) is 0 Å². The molecule has 0 unspecified atom stereocenters. The van der Waals surface area contributed by atoms with Gasteiger partial charge in [-0.2, -0.15) is 0 Å². The first-order chi connectivity index (χ1) is 8.56. The van der Waals surface area contributed by atoms with E-state index in [0.29, 0.717) is 0 Å². The summed E-state index contributed by atoms with van der Waals surface area (Å²) in [5.74, 6) is -0.0545. The molecule has 3 heteroatoms. The summed E-state index contributed by atoms with van der Waals surface area (Å²) in [5, 5.41) is 0. The van der Waals surface area contributed by atoms with Crippen molar-refractivity contribution in [3.63, 3.8) is 0 Å². The van der Waals surface area contributed by atoms with Crippen LogP contribution in [0.15, 0.2) is 18.2 Å². The first-order valence-electron chi connectivity index (χ1n) is 6.45. The highest BCUT2D eigenvalue weighted by Crippen LogP contribution is 2.14. The van der Waals surface area contributed by atoms with Crippen LogP contribution in [0.5, 0.6) is 0 Å². The molecule has 0 bridgehead atoms. The molecule has 0 spiro atoms. The maximum absolute atomic E-state index is 11.2. The van der Waals surface area contributed by atoms with E-state index in [9.17, 15) is 4.79 Å². The van der Waals surface area contributed by atoms with Crippen LogP contribution >= 0.6 is 0 Å². The normalized spacial score (nSPS) is 16.9. The first-order valence-corrected chi connectivity index (χ1v) is 6.45. The fourth-order valence-electron chi connectivity index (χ4n) is 2.42. The fraction of sp³-hybridized carbons (Fsp3) is 0.467. The van der Waals surface area contributed by atoms with Crippen molar-refractivity contribution in [2.24, 2.45) is 0 Å². The Morgan fingerprint density at radius 1 is 1.22 bits per heavy atom. The van der Waals surface area contributed by atoms with Gasteiger partial charge in [-0.15, -0.1) is 0 Å². The number of carbonyl (C=O) groups is 1. The molecule has 1 amide bonds. The number of carbonyl (C=O) groups excluding carboxylic acids is 1. The molecule has 3 nitrogen and oxygen atoms in total. The van der Waals surface area contributed by atoms with Crippen LogP contribution in [0.3, 0.4) is 0 Å². The summed E-state index contributed by atoms with van der Waals surface area (Å²) in [7, 11) is 0. The van der Waals surface area contributed by atoms with Crippen molar-refractivity contribution in [3.05, 3.63) is 41.8 Å². The van der Waals surface area contributed by atoms with E-state index in [1.54, 1.807) is 0 Å². The molecule has 1 radical (unpaired) electrons. The van der Waals surface area contributed by atoms with Crippen molar-refractivity contribution in [2.75, 3.05) is 26.2 Å². The SMILES string of the molecule is [CH2]C(=O)N1CCN(Cc2ccc(C)cc2C)CC1. The minimum atomic E-state index is -0.0545. The minimum absolute atomic E-state index is 0.0545. The van der Waals surface area contributed by atoms with Crippen LogP contribution in [-0.2, 0) is 11.3 Å². The van der Waals surface area contributed by atoms with Gasteiger partial charge in [0.15, 0.2) is 0 Å². The summed E-state index contributed by atoms with van der Waals surface area (Å²) >= 11 is 0. The summed E-state index contributed by atoms with van der Waals surface area (Å²) in [4.78, 5) is 15.4. The van der Waals surface area contributed by atoms with Gasteiger partial charge in [0.1, 0.15) is 0 Å². The summed E-state index contributed by atoms with van der Waals surface area (Å²) in [6.45, 7) is 12.2. The number of aryl methyl sites for hydroxylation is 2. The van der Waals surface area contributed by atoms with Crippen LogP contribution in [0.2, 0.25) is 0 Å². The highest BCUT2D eigenvalue weighted by molar-refractivity contribution is 5.80. The highest BCUT2D eigenvalue weighted by Gasteiger charge is 2.18. The number of benzene rings is 1. The molecule has 1 heterocycles. The van der Waals surface area contributed by atoms with Gasteiger partial charge in [0.05, 0.1) is 0 Å². The Morgan fingerprint density at radius 3 is 2.44 bits per heavy atom. The lowest BCUT2D eigenvalue weighted by atomic mass is 10.1. The Balaban J connectivity index is 1.93. The topological polar surface area (TPSA) is 23.6 Å². The molecule has 18 heavy (non-hydrogen) atoms. The third-order valence-corrected chi connectivity index (χ3v) is 3.62. The number of rotatable bonds is 2. The number of hydrogen-bond donors (Lipinski definition) is 0. The molecule has 1 fully saturated rings. The van der Waals surface area contributed by atoms with Gasteiger partial charge in [-0.1, -0.05) is 23.8 Å². The molecule has 0 atom stereocenters. The maximum Gasteiger partial charge on any atom is 0.223 e. The second-order valence-electron chi connectivity index (χ2n) is 5.09. The Hall–Kier alpha value is -1.35. The Morgan fingerprint density at radius 2 is 1.89 bits per heavy atom. The largest absolute Gasteiger partial charge is 0.340 e. The van der Waals surface area contributed by atoms with Crippen LogP contribution < -0.4 is 0 Å². The molecule has 0 saturated carbocycles. The number of amides is 1. The van der Waals surface area contributed by atoms with E-state index in [0.717, 1.165) is 32.7 Å². The van der Waals surface area contributed by atoms with Gasteiger partial charge in [0, 0.05) is 39.6 Å². The molecule has 2 rings (SSSR count). The summed E-state index contributed by atoms with van der Waals surface area (Å²) in [5.41, 5.74) is 4.05. The van der Waals surface area contributed by atoms with Gasteiger partial charge in [0.2, 0.25) is 5.91 Å². The van der Waals surface area contributed by atoms with Gasteiger partial charge in [-0.25, -0.2) is 0 Å². The van der Waals surface area contributed by atoms with Crippen LogP contribution in [0.25, 0.3) is 0 Å². The highest BCUT2D eigenvalue weighted by atomic mass is 16.2. The predicted molar refractivity (Wildman–Crippen MR) is 73.1 cm³/mol. The Bertz CT molecular complexity index is 434. The monoisotopic (exact) mass is 245 g/mol. The van der Waals surface area contributed by atoms with Crippen LogP contribution in [-0.4, -0.2) is 41.9 Å². The number of hydrogen-bond acceptors (Lipinski definition) is 2. The van der Waals surface area contributed by atoms with E-state index >= 15 is 0 Å². The molecule has 0 N–H and O–H groups in total. The average Bonchev–Trinajstić information content (AvgIpc) is 2.33. The van der Waals surface area contributed by atoms with E-state index in [-0.39, 0.29) is 5.91 Å². The van der Waals surface area contributed by atoms with Crippen molar-refractivity contribution in [3.8, 4) is 0 Å². The summed E-state index contributed by atoms with van der Waals surface area (Å²) < 4.78 is 0. The van der Waals surface area contributed by atoms with Crippen molar-refractivity contribution in [2.45, 2.75) is 20.4 Å². The molecule has 1 saturated heterocycles. The quantitative estimate of drug-likeness (QED) is 0.793. The molecule has 0 aromatic heterocycles. The zero-order chi connectivity index (χ0) is 13.1. The predicted octanol–water partition coefficient (Wildman–Crippen LogP) is 1.78. The van der Waals surface area contributed by atoms with Crippen LogP contribution in [0.1, 0.15) is 16.7 Å². The minimum Gasteiger partial charge on any atom is -0.340 e. The zero-order valence-corrected chi connectivity index (χ0v) is 11.3. The van der Waals surface area contributed by atoms with Crippen molar-refractivity contribution < 1.29 is 4.79 Å². The third kappa shape index (κ3) is 3.10. The zero-order valence-electron chi connectivity index (χ0n) is 11.3. The molecule has 1 aliphatic rings. The van der Waals surface area contributed by atoms with E-state index < -0.39 is 0 Å². The molecular formula is C15H21N2O. The maximum atomic E-state index is 11.2. The van der Waals surface area contributed by atoms with Gasteiger partial charge < -0.3 is 4.90 Å². The summed E-state index contributed by atoms with van der Waals surface area (Å²) in [6.07, 6.45) is 0. The average molecular weight is 245 g/mol. The second-order valence-corrected chi connectivity index (χ2v) is 5.09. The van der Waals surface area contributed by atoms with Gasteiger partial charge in [-0.05, 0) is 25.0 Å². The van der Waals surface area contributed by atoms with E-state index in [1.807, 2.05) is 4.90 Å². The van der Waals surface area contributed by atoms with E-state index in [1.165, 1.54) is 16.7 Å². The molecule has 1 aromatic rings. The van der Waals surface area contributed by atoms with Crippen LogP contribution in [0.4, 0.5) is 0 Å². The first kappa shape index (κ1) is 13.1. The van der Waals surface area contributed by atoms with Gasteiger partial charge in [0.25, 0.3) is 0 Å². The summed E-state index contributed by atoms with van der Waals surface area (Å²) in [6, 6.07) is 6.60. The lowest BCUT2D eigenvalue weighted by molar-refractivity contribution is -0.128. The molecule has 0 aliphatic carbocycles. The standard InChI is InChI=1S/C15H21N2O/c1-12-4-5-15(13(2)10-12)11-16-6-8-17(9-7-16)14(3)18/h4-5,10H,3,6-9,11H2,1-2H3. The van der Waals surface area contributed by atoms with Crippen molar-refractivity contribution >= 4 is 5.91 Å². The lowest BCUT2D eigenvalue weighted by Gasteiger charge is -2.34. The van der Waals surface area contributed by atoms with E-state index in [2.05, 4.69) is 43.9 Å². The van der Waals surface area contributed by atoms with Crippen LogP contribution in [0, 0.1) is 20.8 Å². The van der Waals surface area contributed by atoms with Gasteiger partial charge in [-0.3, -0.25) is 9.69 Å². The lowest BCUT2D eigenvalue weighted by Crippen LogP contribution is -2.47. The Labute approximate surface area is 109 Å². The second kappa shape index (κ2) is 5.53. The number of piperazine rings is 1. The van der Waals surface area contributed by atoms with Crippen molar-refractivity contribution in [1.29, 1.82) is 0 Å². The molecule has 97 valence electrons. The third-order valence-electron chi connectivity index (χ3n) is 3.62. The fourth-order valence-corrected chi connectivity index (χ4v) is 2.42. The molecular weight excluding hydrogens is 224 g/mol. The van der Waals surface area contributed by atoms with Gasteiger partial charge >= 0.3 is 0 Å². The Kier molecular flexibility index (Phi) is 4.02. The molecule has 1 aliphatic heterocycles. The van der Waals surface area contributed by atoms with Crippen molar-refractivity contribution in [1.82, 2.24) is 9.80 Å². The smallest absolute Gasteiger partial charge is 0.223 e. The number of nitrogens with zero attached hydrogens (tertiary/aromatic N) is 2. The molecule has 1 aromatic carbocycles.